The fourth-order valence-corrected chi connectivity index (χ4v) is 6.09. The molecule has 0 bridgehead atoms. The molecule has 7 nitrogen and oxygen atoms in total. The maximum atomic E-state index is 14.0. The topological polar surface area (TPSA) is 86.8 Å². The fourth-order valence-electron chi connectivity index (χ4n) is 3.91. The van der Waals surface area contributed by atoms with Gasteiger partial charge in [0.05, 0.1) is 25.7 Å². The number of benzene rings is 3. The molecule has 2 atom stereocenters. The Kier molecular flexibility index (Phi) is 11.4. The van der Waals surface area contributed by atoms with E-state index in [-0.39, 0.29) is 44.1 Å². The summed E-state index contributed by atoms with van der Waals surface area (Å²) in [6.07, 6.45) is 0.690. The summed E-state index contributed by atoms with van der Waals surface area (Å²) >= 11 is 24.9. The first-order valence-electron chi connectivity index (χ1n) is 12.8. The Hall–Kier alpha value is -2.49. The lowest BCUT2D eigenvalue weighted by molar-refractivity contribution is -0.139. The molecule has 0 spiro atoms. The average Bonchev–Trinajstić information content (AvgIpc) is 2.93. The predicted octanol–water partition coefficient (Wildman–Crippen LogP) is 7.14. The Morgan fingerprint density at radius 1 is 0.878 bits per heavy atom. The highest BCUT2D eigenvalue weighted by atomic mass is 35.5. The molecule has 0 aromatic heterocycles. The summed E-state index contributed by atoms with van der Waals surface area (Å²) < 4.78 is 28.8. The second kappa shape index (κ2) is 14.1. The smallest absolute Gasteiger partial charge is 0.264 e. The molecule has 12 heteroatoms. The van der Waals surface area contributed by atoms with Crippen LogP contribution < -0.4 is 9.62 Å². The second-order valence-corrected chi connectivity index (χ2v) is 13.2. The largest absolute Gasteiger partial charge is 0.352 e. The first kappa shape index (κ1) is 33.0. The Bertz CT molecular complexity index is 1520. The monoisotopic (exact) mass is 657 g/mol. The quantitative estimate of drug-likeness (QED) is 0.237. The molecule has 0 unspecified atom stereocenters. The highest BCUT2D eigenvalue weighted by Gasteiger charge is 2.33. The molecule has 0 heterocycles. The Morgan fingerprint density at radius 3 is 2.12 bits per heavy atom. The van der Waals surface area contributed by atoms with Crippen molar-refractivity contribution >= 4 is 73.9 Å². The van der Waals surface area contributed by atoms with Gasteiger partial charge < -0.3 is 10.2 Å². The van der Waals surface area contributed by atoms with Gasteiger partial charge in [0.1, 0.15) is 12.6 Å². The molecule has 0 fully saturated rings. The highest BCUT2D eigenvalue weighted by Crippen LogP contribution is 2.33. The van der Waals surface area contributed by atoms with Crippen molar-refractivity contribution in [3.8, 4) is 0 Å². The van der Waals surface area contributed by atoms with Crippen molar-refractivity contribution in [1.29, 1.82) is 0 Å². The van der Waals surface area contributed by atoms with E-state index in [1.54, 1.807) is 37.3 Å². The first-order chi connectivity index (χ1) is 19.2. The third kappa shape index (κ3) is 8.30. The van der Waals surface area contributed by atoms with Crippen molar-refractivity contribution in [2.75, 3.05) is 10.8 Å². The van der Waals surface area contributed by atoms with Gasteiger partial charge in [-0.2, -0.15) is 0 Å². The minimum Gasteiger partial charge on any atom is -0.352 e. The van der Waals surface area contributed by atoms with E-state index in [1.165, 1.54) is 35.2 Å². The number of halogens is 4. The molecule has 1 N–H and O–H groups in total. The van der Waals surface area contributed by atoms with Crippen LogP contribution in [0.4, 0.5) is 5.69 Å². The SMILES string of the molecule is CC[C@@H](C)NC(=O)[C@@H](C)N(Cc1ccc(Cl)c(Cl)c1)C(=O)CN(c1cc(Cl)ccc1Cl)S(=O)(=O)c1ccc(C)cc1. The van der Waals surface area contributed by atoms with E-state index >= 15 is 0 Å². The Balaban J connectivity index is 2.08. The van der Waals surface area contributed by atoms with E-state index in [9.17, 15) is 18.0 Å². The number of hydrogen-bond donors (Lipinski definition) is 1. The Morgan fingerprint density at radius 2 is 1.51 bits per heavy atom. The van der Waals surface area contributed by atoms with Crippen molar-refractivity contribution < 1.29 is 18.0 Å². The molecule has 0 radical (unpaired) electrons. The van der Waals surface area contributed by atoms with Crippen molar-refractivity contribution in [3.63, 3.8) is 0 Å². The zero-order chi connectivity index (χ0) is 30.5. The molecule has 41 heavy (non-hydrogen) atoms. The molecule has 0 saturated heterocycles. The van der Waals surface area contributed by atoms with Gasteiger partial charge in [0, 0.05) is 17.6 Å². The van der Waals surface area contributed by atoms with Gasteiger partial charge in [-0.25, -0.2) is 8.42 Å². The molecular weight excluding hydrogens is 628 g/mol. The lowest BCUT2D eigenvalue weighted by Crippen LogP contribution is -2.52. The number of anilines is 1. The molecule has 0 aliphatic heterocycles. The van der Waals surface area contributed by atoms with Gasteiger partial charge >= 0.3 is 0 Å². The van der Waals surface area contributed by atoms with Crippen LogP contribution in [0.25, 0.3) is 0 Å². The van der Waals surface area contributed by atoms with Crippen LogP contribution in [-0.2, 0) is 26.2 Å². The molecule has 3 rings (SSSR count). The lowest BCUT2D eigenvalue weighted by atomic mass is 10.1. The van der Waals surface area contributed by atoms with Gasteiger partial charge in [0.15, 0.2) is 0 Å². The number of rotatable bonds is 11. The van der Waals surface area contributed by atoms with Crippen LogP contribution in [0, 0.1) is 6.92 Å². The van der Waals surface area contributed by atoms with E-state index in [4.69, 9.17) is 46.4 Å². The molecule has 220 valence electrons. The van der Waals surface area contributed by atoms with E-state index in [0.717, 1.165) is 9.87 Å². The van der Waals surface area contributed by atoms with Crippen LogP contribution in [0.2, 0.25) is 20.1 Å². The van der Waals surface area contributed by atoms with Crippen molar-refractivity contribution in [3.05, 3.63) is 91.9 Å². The van der Waals surface area contributed by atoms with Crippen LogP contribution in [0.15, 0.2) is 65.6 Å². The summed E-state index contributed by atoms with van der Waals surface area (Å²) in [7, 11) is -4.29. The standard InChI is InChI=1S/C29H31Cl4N3O4S/c1-5-19(3)34-29(38)20(4)35(16-21-8-12-24(31)26(33)14-21)28(37)17-36(27-15-22(30)9-13-25(27)32)41(39,40)23-10-6-18(2)7-11-23/h6-15,19-20H,5,16-17H2,1-4H3,(H,34,38)/t19-,20-/m1/s1. The number of carbonyl (C=O) groups excluding carboxylic acids is 2. The van der Waals surface area contributed by atoms with E-state index in [0.29, 0.717) is 17.0 Å². The number of aryl methyl sites for hydroxylation is 1. The molecule has 2 amide bonds. The second-order valence-electron chi connectivity index (χ2n) is 9.68. The molecule has 0 aliphatic rings. The summed E-state index contributed by atoms with van der Waals surface area (Å²) in [4.78, 5) is 28.4. The summed E-state index contributed by atoms with van der Waals surface area (Å²) in [5, 5.41) is 3.81. The maximum Gasteiger partial charge on any atom is 0.264 e. The molecule has 0 saturated carbocycles. The van der Waals surface area contributed by atoms with Crippen LogP contribution in [0.3, 0.4) is 0 Å². The number of amides is 2. The number of sulfonamides is 1. The van der Waals surface area contributed by atoms with Gasteiger partial charge in [0.25, 0.3) is 10.0 Å². The fraction of sp³-hybridized carbons (Fsp3) is 0.310. The lowest BCUT2D eigenvalue weighted by Gasteiger charge is -2.32. The van der Waals surface area contributed by atoms with Crippen LogP contribution >= 0.6 is 46.4 Å². The number of hydrogen-bond acceptors (Lipinski definition) is 4. The highest BCUT2D eigenvalue weighted by molar-refractivity contribution is 7.92. The molecular formula is C29H31Cl4N3O4S. The predicted molar refractivity (Wildman–Crippen MR) is 167 cm³/mol. The summed E-state index contributed by atoms with van der Waals surface area (Å²) in [6, 6.07) is 14.4. The normalized spacial score (nSPS) is 12.9. The summed E-state index contributed by atoms with van der Waals surface area (Å²) in [5.41, 5.74) is 1.49. The van der Waals surface area contributed by atoms with Crippen molar-refractivity contribution in [2.24, 2.45) is 0 Å². The number of carbonyl (C=O) groups is 2. The van der Waals surface area contributed by atoms with E-state index in [2.05, 4.69) is 5.32 Å². The van der Waals surface area contributed by atoms with Gasteiger partial charge in [-0.3, -0.25) is 13.9 Å². The van der Waals surface area contributed by atoms with Gasteiger partial charge in [-0.1, -0.05) is 77.1 Å². The molecule has 3 aromatic rings. The van der Waals surface area contributed by atoms with Crippen molar-refractivity contribution in [2.45, 2.75) is 57.6 Å². The third-order valence-corrected chi connectivity index (χ3v) is 9.64. The average molecular weight is 659 g/mol. The Labute approximate surface area is 261 Å². The van der Waals surface area contributed by atoms with Gasteiger partial charge in [-0.15, -0.1) is 0 Å². The minimum atomic E-state index is -4.29. The zero-order valence-corrected chi connectivity index (χ0v) is 26.8. The van der Waals surface area contributed by atoms with Crippen LogP contribution in [0.1, 0.15) is 38.3 Å². The number of nitrogens with zero attached hydrogens (tertiary/aromatic N) is 2. The third-order valence-electron chi connectivity index (χ3n) is 6.57. The van der Waals surface area contributed by atoms with E-state index in [1.807, 2.05) is 20.8 Å². The van der Waals surface area contributed by atoms with Crippen molar-refractivity contribution in [1.82, 2.24) is 10.2 Å². The van der Waals surface area contributed by atoms with E-state index < -0.39 is 28.5 Å². The van der Waals surface area contributed by atoms with Gasteiger partial charge in [-0.05, 0) is 75.2 Å². The molecule has 3 aromatic carbocycles. The minimum absolute atomic E-state index is 0.0271. The zero-order valence-electron chi connectivity index (χ0n) is 23.0. The summed E-state index contributed by atoms with van der Waals surface area (Å²) in [5.74, 6) is -1.03. The van der Waals surface area contributed by atoms with Gasteiger partial charge in [0.2, 0.25) is 11.8 Å². The number of nitrogens with one attached hydrogen (secondary N) is 1. The maximum absolute atomic E-state index is 14.0. The molecule has 0 aliphatic carbocycles. The van der Waals surface area contributed by atoms with Crippen LogP contribution in [-0.4, -0.2) is 43.8 Å². The first-order valence-corrected chi connectivity index (χ1v) is 15.8. The van der Waals surface area contributed by atoms with Crippen LogP contribution in [0.5, 0.6) is 0 Å². The summed E-state index contributed by atoms with van der Waals surface area (Å²) in [6.45, 7) is 6.51.